The molecule has 0 atom stereocenters. The standard InChI is InChI=1S/C9H15N.C8H14N2O.C2H6/c1-3-4-9-5-7-10(2)8-6-9;1-9-3-2-4-10-5-7-11-8-6-10;1-2/h9H,5-8H2,1-2H3;9H,4-8H2,1H3;1-2H3. The first-order valence-corrected chi connectivity index (χ1v) is 8.81. The van der Waals surface area contributed by atoms with Crippen LogP contribution in [-0.2, 0) is 4.74 Å². The van der Waals surface area contributed by atoms with Gasteiger partial charge in [0.15, 0.2) is 0 Å². The monoisotopic (exact) mass is 321 g/mol. The van der Waals surface area contributed by atoms with E-state index in [4.69, 9.17) is 4.74 Å². The zero-order chi connectivity index (χ0) is 17.3. The Morgan fingerprint density at radius 1 is 1.09 bits per heavy atom. The third-order valence-electron chi connectivity index (χ3n) is 3.69. The quantitative estimate of drug-likeness (QED) is 0.589. The zero-order valence-corrected chi connectivity index (χ0v) is 15.7. The van der Waals surface area contributed by atoms with Crippen molar-refractivity contribution >= 4 is 0 Å². The second-order valence-electron chi connectivity index (χ2n) is 5.41. The van der Waals surface area contributed by atoms with Crippen molar-refractivity contribution in [2.75, 3.05) is 60.0 Å². The topological polar surface area (TPSA) is 27.7 Å². The molecule has 2 saturated heterocycles. The molecule has 4 nitrogen and oxygen atoms in total. The molecule has 2 fully saturated rings. The molecule has 23 heavy (non-hydrogen) atoms. The minimum absolute atomic E-state index is 0.682. The van der Waals surface area contributed by atoms with Gasteiger partial charge in [0.2, 0.25) is 0 Å². The van der Waals surface area contributed by atoms with E-state index in [1.165, 1.54) is 25.9 Å². The Hall–Kier alpha value is -1.20. The Morgan fingerprint density at radius 2 is 1.70 bits per heavy atom. The van der Waals surface area contributed by atoms with E-state index in [0.717, 1.165) is 32.8 Å². The summed E-state index contributed by atoms with van der Waals surface area (Å²) in [4.78, 5) is 4.65. The highest BCUT2D eigenvalue weighted by Gasteiger charge is 2.13. The summed E-state index contributed by atoms with van der Waals surface area (Å²) in [5.74, 6) is 9.91. The Kier molecular flexibility index (Phi) is 14.9. The molecule has 0 aromatic rings. The number of hydrogen-bond acceptors (Lipinski definition) is 4. The molecule has 1 N–H and O–H groups in total. The van der Waals surface area contributed by atoms with Gasteiger partial charge in [-0.1, -0.05) is 19.8 Å². The van der Waals surface area contributed by atoms with Crippen molar-refractivity contribution in [3.05, 3.63) is 0 Å². The SMILES string of the molecule is CC.CC#CC1CCN(C)CC1.CNC#CCN1CCOCC1. The summed E-state index contributed by atoms with van der Waals surface area (Å²) < 4.78 is 5.20. The van der Waals surface area contributed by atoms with E-state index in [0.29, 0.717) is 5.92 Å². The average Bonchev–Trinajstić information content (AvgIpc) is 2.61. The highest BCUT2D eigenvalue weighted by atomic mass is 16.5. The van der Waals surface area contributed by atoms with E-state index >= 15 is 0 Å². The van der Waals surface area contributed by atoms with Crippen molar-refractivity contribution in [2.24, 2.45) is 5.92 Å². The van der Waals surface area contributed by atoms with Crippen LogP contribution in [0.25, 0.3) is 0 Å². The van der Waals surface area contributed by atoms with Gasteiger partial charge in [-0.3, -0.25) is 4.90 Å². The largest absolute Gasteiger partial charge is 0.379 e. The van der Waals surface area contributed by atoms with Crippen LogP contribution in [-0.4, -0.2) is 69.8 Å². The lowest BCUT2D eigenvalue weighted by atomic mass is 9.98. The number of piperidine rings is 1. The van der Waals surface area contributed by atoms with Crippen LogP contribution in [0, 0.1) is 29.7 Å². The Labute approximate surface area is 143 Å². The summed E-state index contributed by atoms with van der Waals surface area (Å²) in [5.41, 5.74) is 0. The number of likely N-dealkylation sites (tertiary alicyclic amines) is 1. The Morgan fingerprint density at radius 3 is 2.22 bits per heavy atom. The number of morpholine rings is 1. The number of ether oxygens (including phenoxy) is 1. The van der Waals surface area contributed by atoms with Crippen LogP contribution in [0.5, 0.6) is 0 Å². The van der Waals surface area contributed by atoms with E-state index in [1.54, 1.807) is 0 Å². The van der Waals surface area contributed by atoms with Gasteiger partial charge in [0.25, 0.3) is 0 Å². The van der Waals surface area contributed by atoms with Crippen LogP contribution in [0.4, 0.5) is 0 Å². The van der Waals surface area contributed by atoms with Gasteiger partial charge < -0.3 is 15.0 Å². The molecule has 0 bridgehead atoms. The molecule has 0 unspecified atom stereocenters. The molecule has 0 aromatic heterocycles. The van der Waals surface area contributed by atoms with Crippen molar-refractivity contribution in [1.82, 2.24) is 15.1 Å². The third kappa shape index (κ3) is 12.0. The molecule has 132 valence electrons. The van der Waals surface area contributed by atoms with Crippen LogP contribution in [0.2, 0.25) is 0 Å². The molecule has 0 aromatic carbocycles. The fourth-order valence-electron chi connectivity index (χ4n) is 2.36. The van der Waals surface area contributed by atoms with Crippen molar-refractivity contribution in [2.45, 2.75) is 33.6 Å². The second kappa shape index (κ2) is 15.7. The number of hydrogen-bond donors (Lipinski definition) is 1. The van der Waals surface area contributed by atoms with Gasteiger partial charge in [0, 0.05) is 32.1 Å². The summed E-state index contributed by atoms with van der Waals surface area (Å²) in [7, 11) is 4.00. The molecular weight excluding hydrogens is 286 g/mol. The van der Waals surface area contributed by atoms with Crippen molar-refractivity contribution in [3.63, 3.8) is 0 Å². The van der Waals surface area contributed by atoms with E-state index in [1.807, 2.05) is 27.8 Å². The predicted octanol–water partition coefficient (Wildman–Crippen LogP) is 1.88. The molecule has 0 radical (unpaired) electrons. The van der Waals surface area contributed by atoms with Gasteiger partial charge in [-0.15, -0.1) is 11.8 Å². The first-order chi connectivity index (χ1) is 11.3. The summed E-state index contributed by atoms with van der Waals surface area (Å²) in [6, 6.07) is 2.81. The summed E-state index contributed by atoms with van der Waals surface area (Å²) in [6.45, 7) is 12.9. The Bertz CT molecular complexity index is 375. The lowest BCUT2D eigenvalue weighted by Gasteiger charge is -2.25. The fourth-order valence-corrected chi connectivity index (χ4v) is 2.36. The van der Waals surface area contributed by atoms with E-state index in [2.05, 4.69) is 46.0 Å². The number of nitrogens with one attached hydrogen (secondary N) is 1. The normalized spacial score (nSPS) is 18.7. The van der Waals surface area contributed by atoms with Crippen molar-refractivity contribution in [1.29, 1.82) is 0 Å². The predicted molar refractivity (Wildman–Crippen MR) is 99.1 cm³/mol. The van der Waals surface area contributed by atoms with Crippen LogP contribution >= 0.6 is 0 Å². The summed E-state index contributed by atoms with van der Waals surface area (Å²) in [6.07, 6.45) is 2.52. The maximum Gasteiger partial charge on any atom is 0.0621 e. The van der Waals surface area contributed by atoms with Crippen molar-refractivity contribution < 1.29 is 4.74 Å². The summed E-state index contributed by atoms with van der Waals surface area (Å²) >= 11 is 0. The minimum Gasteiger partial charge on any atom is -0.379 e. The molecule has 0 spiro atoms. The highest BCUT2D eigenvalue weighted by Crippen LogP contribution is 2.14. The second-order valence-corrected chi connectivity index (χ2v) is 5.41. The number of nitrogens with zero attached hydrogens (tertiary/aromatic N) is 2. The maximum absolute atomic E-state index is 5.20. The molecule has 2 aliphatic rings. The van der Waals surface area contributed by atoms with Gasteiger partial charge in [-0.05, 0) is 39.9 Å². The maximum atomic E-state index is 5.20. The number of rotatable bonds is 1. The van der Waals surface area contributed by atoms with Crippen LogP contribution in [0.15, 0.2) is 0 Å². The average molecular weight is 322 g/mol. The highest BCUT2D eigenvalue weighted by molar-refractivity contribution is 5.02. The zero-order valence-electron chi connectivity index (χ0n) is 15.7. The van der Waals surface area contributed by atoms with Crippen LogP contribution < -0.4 is 5.32 Å². The van der Waals surface area contributed by atoms with Gasteiger partial charge in [0.05, 0.1) is 19.8 Å². The molecule has 4 heteroatoms. The molecule has 0 aliphatic carbocycles. The third-order valence-corrected chi connectivity index (χ3v) is 3.69. The minimum atomic E-state index is 0.682. The lowest BCUT2D eigenvalue weighted by molar-refractivity contribution is 0.0443. The first-order valence-electron chi connectivity index (χ1n) is 8.81. The molecule has 0 saturated carbocycles. The van der Waals surface area contributed by atoms with E-state index in [9.17, 15) is 0 Å². The Balaban J connectivity index is 0.000000381. The fraction of sp³-hybridized carbons (Fsp3) is 0.789. The van der Waals surface area contributed by atoms with Crippen molar-refractivity contribution in [3.8, 4) is 23.8 Å². The van der Waals surface area contributed by atoms with Gasteiger partial charge in [0.1, 0.15) is 0 Å². The van der Waals surface area contributed by atoms with E-state index in [-0.39, 0.29) is 0 Å². The first kappa shape index (κ1) is 21.8. The summed E-state index contributed by atoms with van der Waals surface area (Å²) in [5, 5.41) is 2.79. The van der Waals surface area contributed by atoms with Crippen LogP contribution in [0.1, 0.15) is 33.6 Å². The molecule has 2 rings (SSSR count). The van der Waals surface area contributed by atoms with Gasteiger partial charge >= 0.3 is 0 Å². The molecule has 2 heterocycles. The molecular formula is C19H35N3O. The van der Waals surface area contributed by atoms with Gasteiger partial charge in [-0.25, -0.2) is 0 Å². The lowest BCUT2D eigenvalue weighted by Crippen LogP contribution is -2.36. The smallest absolute Gasteiger partial charge is 0.0621 e. The van der Waals surface area contributed by atoms with E-state index < -0.39 is 0 Å². The molecule has 0 amide bonds. The van der Waals surface area contributed by atoms with Gasteiger partial charge in [-0.2, -0.15) is 0 Å². The van der Waals surface area contributed by atoms with Crippen LogP contribution in [0.3, 0.4) is 0 Å². The molecule has 2 aliphatic heterocycles.